The van der Waals surface area contributed by atoms with E-state index in [1.54, 1.807) is 11.3 Å². The molecule has 7 nitrogen and oxygen atoms in total. The minimum absolute atomic E-state index is 0.150. The van der Waals surface area contributed by atoms with E-state index >= 15 is 0 Å². The third kappa shape index (κ3) is 3.67. The molecule has 1 saturated heterocycles. The lowest BCUT2D eigenvalue weighted by molar-refractivity contribution is -0.129. The molecule has 0 bridgehead atoms. The normalized spacial score (nSPS) is 15.3. The lowest BCUT2D eigenvalue weighted by Gasteiger charge is -2.31. The van der Waals surface area contributed by atoms with Gasteiger partial charge in [-0.3, -0.25) is 9.20 Å². The summed E-state index contributed by atoms with van der Waals surface area (Å²) in [6.45, 7) is 5.50. The second-order valence-electron chi connectivity index (χ2n) is 7.62. The Bertz CT molecular complexity index is 1190. The van der Waals surface area contributed by atoms with Crippen molar-refractivity contribution in [2.75, 3.05) is 18.8 Å². The number of nitrogens with zero attached hydrogens (tertiary/aromatic N) is 6. The lowest BCUT2D eigenvalue weighted by atomic mass is 9.97. The molecule has 0 radical (unpaired) electrons. The van der Waals surface area contributed by atoms with Crippen LogP contribution in [0.15, 0.2) is 35.5 Å². The number of carbonyl (C=O) groups excluding carboxylic acids is 1. The highest BCUT2D eigenvalue weighted by atomic mass is 32.2. The highest BCUT2D eigenvalue weighted by molar-refractivity contribution is 7.99. The Morgan fingerprint density at radius 2 is 1.97 bits per heavy atom. The molecule has 5 rings (SSSR count). The van der Waals surface area contributed by atoms with Gasteiger partial charge in [-0.05, 0) is 44.9 Å². The van der Waals surface area contributed by atoms with Crippen molar-refractivity contribution in [1.29, 1.82) is 0 Å². The predicted molar refractivity (Wildman–Crippen MR) is 119 cm³/mol. The number of amides is 1. The first kappa shape index (κ1) is 19.4. The van der Waals surface area contributed by atoms with E-state index in [-0.39, 0.29) is 5.91 Å². The second kappa shape index (κ2) is 7.96. The molecule has 154 valence electrons. The number of carbonyl (C=O) groups is 1. The lowest BCUT2D eigenvalue weighted by Crippen LogP contribution is -2.38. The molecule has 0 N–H and O–H groups in total. The van der Waals surface area contributed by atoms with Gasteiger partial charge in [0.15, 0.2) is 5.16 Å². The SMILES string of the molecule is Cc1cc(C)n2c(SCC(=O)N3CCC(c4nc5ccccc5s4)CC3)nnc2n1. The van der Waals surface area contributed by atoms with Gasteiger partial charge in [0.05, 0.1) is 21.0 Å². The van der Waals surface area contributed by atoms with Crippen molar-refractivity contribution < 1.29 is 4.79 Å². The van der Waals surface area contributed by atoms with E-state index in [9.17, 15) is 4.79 Å². The highest BCUT2D eigenvalue weighted by Crippen LogP contribution is 2.34. The number of hydrogen-bond acceptors (Lipinski definition) is 7. The predicted octanol–water partition coefficient (Wildman–Crippen LogP) is 3.85. The van der Waals surface area contributed by atoms with Gasteiger partial charge >= 0.3 is 0 Å². The van der Waals surface area contributed by atoms with E-state index in [1.165, 1.54) is 21.5 Å². The summed E-state index contributed by atoms with van der Waals surface area (Å²) in [7, 11) is 0. The number of thioether (sulfide) groups is 1. The van der Waals surface area contributed by atoms with E-state index in [1.807, 2.05) is 35.3 Å². The largest absolute Gasteiger partial charge is 0.342 e. The summed E-state index contributed by atoms with van der Waals surface area (Å²) in [4.78, 5) is 23.9. The van der Waals surface area contributed by atoms with Crippen LogP contribution in [0.4, 0.5) is 0 Å². The van der Waals surface area contributed by atoms with Crippen molar-refractivity contribution in [3.63, 3.8) is 0 Å². The van der Waals surface area contributed by atoms with Crippen LogP contribution >= 0.6 is 23.1 Å². The number of piperidine rings is 1. The number of aromatic nitrogens is 5. The van der Waals surface area contributed by atoms with E-state index in [2.05, 4.69) is 33.4 Å². The zero-order chi connectivity index (χ0) is 20.7. The van der Waals surface area contributed by atoms with Crippen LogP contribution in [0.5, 0.6) is 0 Å². The zero-order valence-electron chi connectivity index (χ0n) is 16.9. The molecule has 3 aromatic heterocycles. The number of hydrogen-bond donors (Lipinski definition) is 0. The minimum atomic E-state index is 0.150. The molecule has 0 spiro atoms. The molecule has 4 heterocycles. The second-order valence-corrected chi connectivity index (χ2v) is 9.63. The van der Waals surface area contributed by atoms with Crippen molar-refractivity contribution in [1.82, 2.24) is 29.5 Å². The molecule has 0 atom stereocenters. The molecule has 1 aromatic carbocycles. The summed E-state index contributed by atoms with van der Waals surface area (Å²) >= 11 is 3.21. The van der Waals surface area contributed by atoms with Gasteiger partial charge in [-0.2, -0.15) is 0 Å². The van der Waals surface area contributed by atoms with Gasteiger partial charge in [-0.25, -0.2) is 9.97 Å². The molecule has 1 aliphatic rings. The number of thiazole rings is 1. The zero-order valence-corrected chi connectivity index (χ0v) is 18.5. The van der Waals surface area contributed by atoms with Crippen molar-refractivity contribution in [3.8, 4) is 0 Å². The van der Waals surface area contributed by atoms with Gasteiger partial charge in [0.25, 0.3) is 5.78 Å². The molecule has 1 fully saturated rings. The Morgan fingerprint density at radius 3 is 2.77 bits per heavy atom. The average Bonchev–Trinajstić information content (AvgIpc) is 3.36. The summed E-state index contributed by atoms with van der Waals surface area (Å²) in [6.07, 6.45) is 1.93. The first-order valence-electron chi connectivity index (χ1n) is 10.0. The Morgan fingerprint density at radius 1 is 1.17 bits per heavy atom. The van der Waals surface area contributed by atoms with Crippen LogP contribution in [-0.4, -0.2) is 54.2 Å². The highest BCUT2D eigenvalue weighted by Gasteiger charge is 2.26. The summed E-state index contributed by atoms with van der Waals surface area (Å²) in [6, 6.07) is 10.3. The van der Waals surface area contributed by atoms with E-state index < -0.39 is 0 Å². The fraction of sp³-hybridized carbons (Fsp3) is 0.381. The fourth-order valence-electron chi connectivity index (χ4n) is 3.95. The van der Waals surface area contributed by atoms with Crippen molar-refractivity contribution in [2.24, 2.45) is 0 Å². The van der Waals surface area contributed by atoms with Gasteiger partial charge in [0.1, 0.15) is 0 Å². The molecule has 0 saturated carbocycles. The van der Waals surface area contributed by atoms with Crippen molar-refractivity contribution in [2.45, 2.75) is 37.8 Å². The summed E-state index contributed by atoms with van der Waals surface area (Å²) in [5.41, 5.74) is 3.01. The number of para-hydroxylation sites is 1. The van der Waals surface area contributed by atoms with Crippen LogP contribution in [0.1, 0.15) is 35.2 Å². The summed E-state index contributed by atoms with van der Waals surface area (Å²) in [5.74, 6) is 1.53. The maximum Gasteiger partial charge on any atom is 0.256 e. The standard InChI is InChI=1S/C21H22N6OS2/c1-13-11-14(2)27-20(22-13)24-25-21(27)29-12-18(28)26-9-7-15(8-10-26)19-23-16-5-3-4-6-17(16)30-19/h3-6,11,15H,7-10,12H2,1-2H3. The molecule has 9 heteroatoms. The average molecular weight is 439 g/mol. The van der Waals surface area contributed by atoms with E-state index in [4.69, 9.17) is 4.98 Å². The molecule has 1 aliphatic heterocycles. The van der Waals surface area contributed by atoms with Crippen LogP contribution in [0, 0.1) is 13.8 Å². The van der Waals surface area contributed by atoms with Crippen molar-refractivity contribution in [3.05, 3.63) is 46.7 Å². The van der Waals surface area contributed by atoms with E-state index in [0.717, 1.165) is 42.8 Å². The molecular weight excluding hydrogens is 416 g/mol. The number of benzene rings is 1. The third-order valence-electron chi connectivity index (χ3n) is 5.50. The first-order valence-corrected chi connectivity index (χ1v) is 11.8. The number of fused-ring (bicyclic) bond motifs is 2. The quantitative estimate of drug-likeness (QED) is 0.451. The fourth-order valence-corrected chi connectivity index (χ4v) is 5.98. The molecule has 30 heavy (non-hydrogen) atoms. The van der Waals surface area contributed by atoms with Gasteiger partial charge < -0.3 is 4.90 Å². The van der Waals surface area contributed by atoms with Crippen LogP contribution in [0.2, 0.25) is 0 Å². The molecular formula is C21H22N6OS2. The Kier molecular flexibility index (Phi) is 5.16. The Balaban J connectivity index is 1.20. The monoisotopic (exact) mass is 438 g/mol. The number of aryl methyl sites for hydroxylation is 2. The maximum atomic E-state index is 12.8. The maximum absolute atomic E-state index is 12.8. The van der Waals surface area contributed by atoms with Crippen molar-refractivity contribution >= 4 is 45.0 Å². The van der Waals surface area contributed by atoms with Gasteiger partial charge in [0, 0.05) is 30.4 Å². The van der Waals surface area contributed by atoms with Gasteiger partial charge in [-0.15, -0.1) is 21.5 Å². The number of rotatable bonds is 4. The Hall–Kier alpha value is -2.52. The van der Waals surface area contributed by atoms with Crippen LogP contribution in [0.3, 0.4) is 0 Å². The number of likely N-dealkylation sites (tertiary alicyclic amines) is 1. The topological polar surface area (TPSA) is 76.3 Å². The van der Waals surface area contributed by atoms with Crippen LogP contribution in [-0.2, 0) is 4.79 Å². The molecule has 1 amide bonds. The first-order chi connectivity index (χ1) is 14.6. The molecule has 0 unspecified atom stereocenters. The molecule has 4 aromatic rings. The van der Waals surface area contributed by atoms with Crippen LogP contribution in [0.25, 0.3) is 16.0 Å². The van der Waals surface area contributed by atoms with Gasteiger partial charge in [-0.1, -0.05) is 23.9 Å². The van der Waals surface area contributed by atoms with Crippen LogP contribution < -0.4 is 0 Å². The summed E-state index contributed by atoms with van der Waals surface area (Å²) in [5, 5.41) is 10.3. The van der Waals surface area contributed by atoms with Gasteiger partial charge in [0.2, 0.25) is 5.91 Å². The van der Waals surface area contributed by atoms with E-state index in [0.29, 0.717) is 22.6 Å². The molecule has 0 aliphatic carbocycles. The minimum Gasteiger partial charge on any atom is -0.342 e. The smallest absolute Gasteiger partial charge is 0.256 e. The third-order valence-corrected chi connectivity index (χ3v) is 7.61. The Labute approximate surface area is 182 Å². The summed E-state index contributed by atoms with van der Waals surface area (Å²) < 4.78 is 3.15.